The largest absolute Gasteiger partial charge is 0.495 e. The van der Waals surface area contributed by atoms with Crippen molar-refractivity contribution in [3.8, 4) is 5.75 Å². The average molecular weight is 425 g/mol. The predicted molar refractivity (Wildman–Crippen MR) is 117 cm³/mol. The fourth-order valence-corrected chi connectivity index (χ4v) is 4.15. The van der Waals surface area contributed by atoms with E-state index < -0.39 is 5.91 Å². The molecule has 7 heteroatoms. The molecule has 0 atom stereocenters. The molecule has 0 radical (unpaired) electrons. The number of aryl methyl sites for hydroxylation is 1. The Hall–Kier alpha value is -3.09. The molecule has 1 aromatic heterocycles. The number of benzene rings is 2. The Morgan fingerprint density at radius 3 is 2.55 bits per heavy atom. The summed E-state index contributed by atoms with van der Waals surface area (Å²) in [5.41, 5.74) is 2.39. The van der Waals surface area contributed by atoms with Crippen molar-refractivity contribution in [3.63, 3.8) is 0 Å². The molecule has 1 N–H and O–H groups in total. The van der Waals surface area contributed by atoms with E-state index in [1.807, 2.05) is 36.6 Å². The number of thiophene rings is 1. The fraction of sp³-hybridized carbons (Fsp3) is 0.0909. The number of carbonyl (C=O) groups is 2. The molecule has 0 fully saturated rings. The molecule has 5 nitrogen and oxygen atoms in total. The highest BCUT2D eigenvalue weighted by atomic mass is 35.5. The second-order valence-corrected chi connectivity index (χ2v) is 7.81. The van der Waals surface area contributed by atoms with Crippen LogP contribution in [0.3, 0.4) is 0 Å². The quantitative estimate of drug-likeness (QED) is 0.578. The number of carbonyl (C=O) groups excluding carboxylic acids is 2. The van der Waals surface area contributed by atoms with Gasteiger partial charge < -0.3 is 10.1 Å². The minimum absolute atomic E-state index is 0.210. The average Bonchev–Trinajstić information content (AvgIpc) is 3.32. The van der Waals surface area contributed by atoms with Crippen LogP contribution in [0, 0.1) is 6.92 Å². The Kier molecular flexibility index (Phi) is 5.13. The van der Waals surface area contributed by atoms with Gasteiger partial charge in [0.05, 0.1) is 24.1 Å². The summed E-state index contributed by atoms with van der Waals surface area (Å²) in [5, 5.41) is 5.45. The van der Waals surface area contributed by atoms with E-state index in [0.717, 1.165) is 5.56 Å². The zero-order chi connectivity index (χ0) is 20.5. The van der Waals surface area contributed by atoms with Gasteiger partial charge in [0.2, 0.25) is 0 Å². The molecule has 0 unspecified atom stereocenters. The lowest BCUT2D eigenvalue weighted by Gasteiger charge is -2.18. The maximum atomic E-state index is 13.4. The lowest BCUT2D eigenvalue weighted by Crippen LogP contribution is -2.33. The normalized spacial score (nSPS) is 14.0. The van der Waals surface area contributed by atoms with Crippen LogP contribution in [-0.2, 0) is 9.59 Å². The van der Waals surface area contributed by atoms with Gasteiger partial charge in [-0.15, -0.1) is 11.3 Å². The molecule has 4 rings (SSSR count). The second-order valence-electron chi connectivity index (χ2n) is 6.43. The number of nitrogens with zero attached hydrogens (tertiary/aromatic N) is 1. The summed E-state index contributed by atoms with van der Waals surface area (Å²) in [5.74, 6) is -0.252. The molecule has 1 aliphatic heterocycles. The number of nitrogens with one attached hydrogen (secondary N) is 1. The van der Waals surface area contributed by atoms with Gasteiger partial charge in [-0.25, -0.2) is 4.90 Å². The lowest BCUT2D eigenvalue weighted by molar-refractivity contribution is -0.120. The molecule has 0 bridgehead atoms. The standard InChI is InChI=1S/C22H17ClN2O3S/c1-13-9-10-14(23)12-16(13)25-21(26)19(18-8-5-11-29-18)20(22(25)27)24-15-6-3-4-7-17(15)28-2/h3-12,24H,1-2H3. The number of rotatable bonds is 5. The van der Waals surface area contributed by atoms with Crippen molar-refractivity contribution < 1.29 is 14.3 Å². The first-order valence-electron chi connectivity index (χ1n) is 8.84. The molecule has 146 valence electrons. The first-order chi connectivity index (χ1) is 14.0. The van der Waals surface area contributed by atoms with Crippen LogP contribution < -0.4 is 15.0 Å². The third kappa shape index (κ3) is 3.41. The first-order valence-corrected chi connectivity index (χ1v) is 10.1. The number of imide groups is 1. The highest BCUT2D eigenvalue weighted by molar-refractivity contribution is 7.11. The van der Waals surface area contributed by atoms with Gasteiger partial charge in [0.15, 0.2) is 0 Å². The minimum Gasteiger partial charge on any atom is -0.495 e. The number of halogens is 1. The van der Waals surface area contributed by atoms with Crippen molar-refractivity contribution in [1.29, 1.82) is 0 Å². The molecule has 2 heterocycles. The molecule has 29 heavy (non-hydrogen) atoms. The number of methoxy groups -OCH3 is 1. The SMILES string of the molecule is COc1ccccc1NC1=C(c2cccs2)C(=O)N(c2cc(Cl)ccc2C)C1=O. The number of hydrogen-bond donors (Lipinski definition) is 1. The summed E-state index contributed by atoms with van der Waals surface area (Å²) in [7, 11) is 1.55. The van der Waals surface area contributed by atoms with Crippen molar-refractivity contribution in [1.82, 2.24) is 0 Å². The molecular weight excluding hydrogens is 408 g/mol. The number of amides is 2. The Bertz CT molecular complexity index is 1140. The highest BCUT2D eigenvalue weighted by Crippen LogP contribution is 2.38. The zero-order valence-corrected chi connectivity index (χ0v) is 17.3. The van der Waals surface area contributed by atoms with Crippen molar-refractivity contribution in [2.75, 3.05) is 17.3 Å². The summed E-state index contributed by atoms with van der Waals surface area (Å²) in [6.45, 7) is 1.84. The zero-order valence-electron chi connectivity index (χ0n) is 15.7. The first kappa shape index (κ1) is 19.2. The maximum Gasteiger partial charge on any atom is 0.282 e. The van der Waals surface area contributed by atoms with Gasteiger partial charge in [0.25, 0.3) is 11.8 Å². The van der Waals surface area contributed by atoms with Gasteiger partial charge in [-0.3, -0.25) is 9.59 Å². The van der Waals surface area contributed by atoms with Crippen LogP contribution in [0.4, 0.5) is 11.4 Å². The van der Waals surface area contributed by atoms with Gasteiger partial charge >= 0.3 is 0 Å². The van der Waals surface area contributed by atoms with Gasteiger partial charge in [0, 0.05) is 9.90 Å². The monoisotopic (exact) mass is 424 g/mol. The summed E-state index contributed by atoms with van der Waals surface area (Å²) >= 11 is 7.54. The Balaban J connectivity index is 1.84. The van der Waals surface area contributed by atoms with Crippen molar-refractivity contribution in [2.24, 2.45) is 0 Å². The molecule has 0 saturated heterocycles. The molecule has 0 aliphatic carbocycles. The van der Waals surface area contributed by atoms with Crippen LogP contribution in [-0.4, -0.2) is 18.9 Å². The molecule has 3 aromatic rings. The molecule has 1 aliphatic rings. The molecule has 2 amide bonds. The van der Waals surface area contributed by atoms with Crippen LogP contribution >= 0.6 is 22.9 Å². The van der Waals surface area contributed by atoms with Crippen molar-refractivity contribution in [2.45, 2.75) is 6.92 Å². The van der Waals surface area contributed by atoms with Gasteiger partial charge in [-0.1, -0.05) is 35.9 Å². The summed E-state index contributed by atoms with van der Waals surface area (Å²) < 4.78 is 5.38. The van der Waals surface area contributed by atoms with E-state index in [1.54, 1.807) is 37.4 Å². The lowest BCUT2D eigenvalue weighted by atomic mass is 10.1. The maximum absolute atomic E-state index is 13.4. The van der Waals surface area contributed by atoms with Crippen LogP contribution in [0.25, 0.3) is 5.57 Å². The van der Waals surface area contributed by atoms with Crippen molar-refractivity contribution in [3.05, 3.63) is 81.1 Å². The molecule has 2 aromatic carbocycles. The Labute approximate surface area is 177 Å². The molecular formula is C22H17ClN2O3S. The number of para-hydroxylation sites is 2. The Morgan fingerprint density at radius 1 is 1.03 bits per heavy atom. The summed E-state index contributed by atoms with van der Waals surface area (Å²) in [4.78, 5) is 28.7. The smallest absolute Gasteiger partial charge is 0.282 e. The second kappa shape index (κ2) is 7.73. The van der Waals surface area contributed by atoms with Gasteiger partial charge in [-0.05, 0) is 48.2 Å². The minimum atomic E-state index is -0.435. The van der Waals surface area contributed by atoms with Crippen LogP contribution in [0.5, 0.6) is 5.75 Å². The Morgan fingerprint density at radius 2 is 1.83 bits per heavy atom. The van der Waals surface area contributed by atoms with E-state index in [1.165, 1.54) is 16.2 Å². The highest BCUT2D eigenvalue weighted by Gasteiger charge is 2.41. The van der Waals surface area contributed by atoms with Crippen molar-refractivity contribution >= 4 is 51.7 Å². The van der Waals surface area contributed by atoms with E-state index in [0.29, 0.717) is 32.6 Å². The fourth-order valence-electron chi connectivity index (χ4n) is 3.22. The molecule has 0 spiro atoms. The third-order valence-electron chi connectivity index (χ3n) is 4.63. The van der Waals surface area contributed by atoms with E-state index >= 15 is 0 Å². The van der Waals surface area contributed by atoms with Crippen LogP contribution in [0.15, 0.2) is 65.7 Å². The number of anilines is 2. The van der Waals surface area contributed by atoms with Crippen LogP contribution in [0.2, 0.25) is 5.02 Å². The topological polar surface area (TPSA) is 58.6 Å². The van der Waals surface area contributed by atoms with Gasteiger partial charge in [-0.2, -0.15) is 0 Å². The third-order valence-corrected chi connectivity index (χ3v) is 5.75. The van der Waals surface area contributed by atoms with E-state index in [-0.39, 0.29) is 11.6 Å². The predicted octanol–water partition coefficient (Wildman–Crippen LogP) is 5.12. The van der Waals surface area contributed by atoms with E-state index in [9.17, 15) is 9.59 Å². The van der Waals surface area contributed by atoms with E-state index in [4.69, 9.17) is 16.3 Å². The summed E-state index contributed by atoms with van der Waals surface area (Å²) in [6, 6.07) is 16.1. The van der Waals surface area contributed by atoms with Crippen LogP contribution in [0.1, 0.15) is 10.4 Å². The molecule has 0 saturated carbocycles. The number of ether oxygens (including phenoxy) is 1. The summed E-state index contributed by atoms with van der Waals surface area (Å²) in [6.07, 6.45) is 0. The van der Waals surface area contributed by atoms with E-state index in [2.05, 4.69) is 5.32 Å². The number of hydrogen-bond acceptors (Lipinski definition) is 5. The van der Waals surface area contributed by atoms with Gasteiger partial charge in [0.1, 0.15) is 11.4 Å².